The molecule has 2 rings (SSSR count). The number of hydrogen-bond acceptors (Lipinski definition) is 4. The average Bonchev–Trinajstić information content (AvgIpc) is 2.94. The number of benzene rings is 1. The Morgan fingerprint density at radius 3 is 2.55 bits per heavy atom. The summed E-state index contributed by atoms with van der Waals surface area (Å²) in [7, 11) is 0. The van der Waals surface area contributed by atoms with Crippen LogP contribution in [-0.4, -0.2) is 28.0 Å². The van der Waals surface area contributed by atoms with Crippen LogP contribution in [0.1, 0.15) is 29.9 Å². The van der Waals surface area contributed by atoms with E-state index in [0.29, 0.717) is 0 Å². The number of rotatable bonds is 5. The quantitative estimate of drug-likeness (QED) is 0.888. The highest BCUT2D eigenvalue weighted by atomic mass is 32.1. The number of aliphatic carboxylic acids is 1. The van der Waals surface area contributed by atoms with Crippen molar-refractivity contribution >= 4 is 23.2 Å². The molecule has 0 radical (unpaired) electrons. The summed E-state index contributed by atoms with van der Waals surface area (Å²) in [5, 5.41) is 14.0. The fraction of sp³-hybridized carbons (Fsp3) is 0.312. The molecule has 0 saturated heterocycles. The van der Waals surface area contributed by atoms with E-state index in [1.807, 2.05) is 31.2 Å². The van der Waals surface area contributed by atoms with Crippen molar-refractivity contribution in [2.24, 2.45) is 5.92 Å². The van der Waals surface area contributed by atoms with E-state index in [2.05, 4.69) is 10.3 Å². The lowest BCUT2D eigenvalue weighted by molar-refractivity contribution is -0.140. The lowest BCUT2D eigenvalue weighted by atomic mass is 10.0. The number of aromatic nitrogens is 1. The van der Waals surface area contributed by atoms with Crippen molar-refractivity contribution in [3.8, 4) is 10.6 Å². The highest BCUT2D eigenvalue weighted by Crippen LogP contribution is 2.26. The van der Waals surface area contributed by atoms with Gasteiger partial charge in [0.1, 0.15) is 16.7 Å². The molecular formula is C16H18N2O3S. The smallest absolute Gasteiger partial charge is 0.326 e. The number of carboxylic acids is 1. The molecular weight excluding hydrogens is 300 g/mol. The molecule has 0 spiro atoms. The Labute approximate surface area is 133 Å². The van der Waals surface area contributed by atoms with Crippen LogP contribution in [0.4, 0.5) is 0 Å². The molecule has 6 heteroatoms. The Bertz CT molecular complexity index is 694. The number of carboxylic acid groups (broad SMARTS) is 1. The molecule has 2 aromatic rings. The summed E-state index contributed by atoms with van der Waals surface area (Å²) in [6, 6.07) is 6.87. The van der Waals surface area contributed by atoms with Crippen molar-refractivity contribution in [3.05, 3.63) is 40.9 Å². The Hall–Kier alpha value is -2.21. The molecule has 0 aliphatic rings. The van der Waals surface area contributed by atoms with Crippen LogP contribution in [0.2, 0.25) is 0 Å². The highest BCUT2D eigenvalue weighted by molar-refractivity contribution is 7.13. The number of nitrogens with zero attached hydrogens (tertiary/aromatic N) is 1. The molecule has 5 nitrogen and oxygen atoms in total. The minimum atomic E-state index is -1.04. The molecule has 116 valence electrons. The Morgan fingerprint density at radius 2 is 1.95 bits per heavy atom. The van der Waals surface area contributed by atoms with E-state index in [4.69, 9.17) is 5.11 Å². The SMILES string of the molecule is Cc1ccccc1-c1nc(C(=O)NC(C(=O)O)C(C)C)cs1. The van der Waals surface area contributed by atoms with E-state index >= 15 is 0 Å². The Morgan fingerprint density at radius 1 is 1.27 bits per heavy atom. The van der Waals surface area contributed by atoms with Gasteiger partial charge in [-0.05, 0) is 18.4 Å². The molecule has 1 atom stereocenters. The lowest BCUT2D eigenvalue weighted by Crippen LogP contribution is -2.44. The third kappa shape index (κ3) is 3.51. The Balaban J connectivity index is 2.19. The van der Waals surface area contributed by atoms with Gasteiger partial charge in [0.05, 0.1) is 0 Å². The predicted octanol–water partition coefficient (Wildman–Crippen LogP) is 2.96. The third-order valence-corrected chi connectivity index (χ3v) is 4.21. The van der Waals surface area contributed by atoms with Crippen LogP contribution >= 0.6 is 11.3 Å². The van der Waals surface area contributed by atoms with Crippen LogP contribution < -0.4 is 5.32 Å². The van der Waals surface area contributed by atoms with Gasteiger partial charge < -0.3 is 10.4 Å². The molecule has 1 amide bonds. The van der Waals surface area contributed by atoms with Crippen molar-refractivity contribution in [2.45, 2.75) is 26.8 Å². The monoisotopic (exact) mass is 318 g/mol. The number of carbonyl (C=O) groups excluding carboxylic acids is 1. The standard InChI is InChI=1S/C16H18N2O3S/c1-9(2)13(16(20)21)18-14(19)12-8-22-15(17-12)11-7-5-4-6-10(11)3/h4-9,13H,1-3H3,(H,18,19)(H,20,21). The van der Waals surface area contributed by atoms with Gasteiger partial charge >= 0.3 is 5.97 Å². The largest absolute Gasteiger partial charge is 0.480 e. The molecule has 1 unspecified atom stereocenters. The summed E-state index contributed by atoms with van der Waals surface area (Å²) >= 11 is 1.37. The van der Waals surface area contributed by atoms with Gasteiger partial charge in [-0.3, -0.25) is 4.79 Å². The maximum absolute atomic E-state index is 12.2. The van der Waals surface area contributed by atoms with Gasteiger partial charge in [-0.15, -0.1) is 11.3 Å². The molecule has 0 aliphatic carbocycles. The summed E-state index contributed by atoms with van der Waals surface area (Å²) in [5.41, 5.74) is 2.30. The first kappa shape index (κ1) is 16.2. The van der Waals surface area contributed by atoms with Gasteiger partial charge in [0.2, 0.25) is 0 Å². The topological polar surface area (TPSA) is 79.3 Å². The van der Waals surface area contributed by atoms with Crippen LogP contribution in [0.3, 0.4) is 0 Å². The van der Waals surface area contributed by atoms with Gasteiger partial charge in [0.15, 0.2) is 0 Å². The van der Waals surface area contributed by atoms with Crippen LogP contribution in [-0.2, 0) is 4.79 Å². The number of nitrogens with one attached hydrogen (secondary N) is 1. The summed E-state index contributed by atoms with van der Waals surface area (Å²) < 4.78 is 0. The summed E-state index contributed by atoms with van der Waals surface area (Å²) in [6.07, 6.45) is 0. The second kappa shape index (κ2) is 6.70. The second-order valence-electron chi connectivity index (χ2n) is 5.39. The van der Waals surface area contributed by atoms with Gasteiger partial charge in [0, 0.05) is 10.9 Å². The minimum absolute atomic E-state index is 0.198. The first-order valence-electron chi connectivity index (χ1n) is 6.95. The van der Waals surface area contributed by atoms with Gasteiger partial charge in [-0.1, -0.05) is 38.1 Å². The maximum atomic E-state index is 12.2. The molecule has 22 heavy (non-hydrogen) atoms. The van der Waals surface area contributed by atoms with Gasteiger partial charge in [-0.25, -0.2) is 9.78 Å². The van der Waals surface area contributed by atoms with E-state index in [1.54, 1.807) is 19.2 Å². The van der Waals surface area contributed by atoms with E-state index in [1.165, 1.54) is 11.3 Å². The van der Waals surface area contributed by atoms with Crippen LogP contribution in [0.5, 0.6) is 0 Å². The highest BCUT2D eigenvalue weighted by Gasteiger charge is 2.25. The predicted molar refractivity (Wildman–Crippen MR) is 86.0 cm³/mol. The van der Waals surface area contributed by atoms with Crippen molar-refractivity contribution in [1.29, 1.82) is 0 Å². The molecule has 0 aliphatic heterocycles. The van der Waals surface area contributed by atoms with E-state index in [-0.39, 0.29) is 11.6 Å². The second-order valence-corrected chi connectivity index (χ2v) is 6.24. The van der Waals surface area contributed by atoms with E-state index < -0.39 is 17.9 Å². The zero-order valence-corrected chi connectivity index (χ0v) is 13.5. The molecule has 0 fully saturated rings. The minimum Gasteiger partial charge on any atom is -0.480 e. The number of thiazole rings is 1. The van der Waals surface area contributed by atoms with Crippen molar-refractivity contribution < 1.29 is 14.7 Å². The van der Waals surface area contributed by atoms with Crippen molar-refractivity contribution in [1.82, 2.24) is 10.3 Å². The van der Waals surface area contributed by atoms with Crippen molar-refractivity contribution in [2.75, 3.05) is 0 Å². The fourth-order valence-electron chi connectivity index (χ4n) is 2.04. The number of aryl methyl sites for hydroxylation is 1. The maximum Gasteiger partial charge on any atom is 0.326 e. The number of carbonyl (C=O) groups is 2. The molecule has 1 aromatic carbocycles. The lowest BCUT2D eigenvalue weighted by Gasteiger charge is -2.16. The zero-order chi connectivity index (χ0) is 16.3. The van der Waals surface area contributed by atoms with Crippen molar-refractivity contribution in [3.63, 3.8) is 0 Å². The molecule has 1 aromatic heterocycles. The average molecular weight is 318 g/mol. The molecule has 0 bridgehead atoms. The van der Waals surface area contributed by atoms with Gasteiger partial charge in [0.25, 0.3) is 5.91 Å². The summed E-state index contributed by atoms with van der Waals surface area (Å²) in [5.74, 6) is -1.70. The Kier molecular flexibility index (Phi) is 4.92. The first-order chi connectivity index (χ1) is 10.4. The fourth-order valence-corrected chi connectivity index (χ4v) is 2.93. The number of amides is 1. The van der Waals surface area contributed by atoms with Crippen LogP contribution in [0.15, 0.2) is 29.6 Å². The normalized spacial score (nSPS) is 12.2. The summed E-state index contributed by atoms with van der Waals surface area (Å²) in [6.45, 7) is 5.48. The number of hydrogen-bond donors (Lipinski definition) is 2. The van der Waals surface area contributed by atoms with Crippen LogP contribution in [0.25, 0.3) is 10.6 Å². The first-order valence-corrected chi connectivity index (χ1v) is 7.83. The molecule has 0 saturated carbocycles. The zero-order valence-electron chi connectivity index (χ0n) is 12.7. The van der Waals surface area contributed by atoms with E-state index in [0.717, 1.165) is 16.1 Å². The van der Waals surface area contributed by atoms with Crippen LogP contribution in [0, 0.1) is 12.8 Å². The van der Waals surface area contributed by atoms with Gasteiger partial charge in [-0.2, -0.15) is 0 Å². The summed E-state index contributed by atoms with van der Waals surface area (Å²) in [4.78, 5) is 27.6. The molecule has 1 heterocycles. The van der Waals surface area contributed by atoms with E-state index in [9.17, 15) is 9.59 Å². The molecule has 2 N–H and O–H groups in total. The third-order valence-electron chi connectivity index (χ3n) is 3.33.